The first-order valence-corrected chi connectivity index (χ1v) is 14.9. The third-order valence-corrected chi connectivity index (χ3v) is 13.0. The van der Waals surface area contributed by atoms with E-state index in [0.29, 0.717) is 13.8 Å². The van der Waals surface area contributed by atoms with Crippen LogP contribution < -0.4 is 0 Å². The quantitative estimate of drug-likeness (QED) is 0.213. The maximum atomic E-state index is 14.2. The molecule has 0 heterocycles. The van der Waals surface area contributed by atoms with Crippen LogP contribution >= 0.6 is 0 Å². The summed E-state index contributed by atoms with van der Waals surface area (Å²) in [4.78, 5) is 23.2. The average molecular weight is 599 g/mol. The maximum absolute atomic E-state index is 14.2. The monoisotopic (exact) mass is 600 g/mol. The van der Waals surface area contributed by atoms with Crippen molar-refractivity contribution in [2.75, 3.05) is 0 Å². The first kappa shape index (κ1) is 26.7. The predicted octanol–water partition coefficient (Wildman–Crippen LogP) is 4.51. The molecule has 0 unspecified atom stereocenters. The molecule has 0 saturated heterocycles. The predicted molar refractivity (Wildman–Crippen MR) is 89.2 cm³/mol. The van der Waals surface area contributed by atoms with Crippen molar-refractivity contribution < 1.29 is 59.6 Å². The zero-order chi connectivity index (χ0) is 25.4. The number of rotatable bonds is 6. The van der Waals surface area contributed by atoms with Gasteiger partial charge in [0.25, 0.3) is 0 Å². The Hall–Kier alpha value is -2.52. The molecule has 0 atom stereocenters. The molecule has 0 fully saturated rings. The molecule has 0 N–H and O–H groups in total. The van der Waals surface area contributed by atoms with Crippen molar-refractivity contribution in [1.29, 1.82) is 0 Å². The fraction of sp³-hybridized carbons (Fsp3) is 0.222. The standard InChI is InChI=1S/2C7H2F5.2C2H4O2.Sn/c2*1-2-3(8)5(10)7(12)6(11)4(2)9;2*1-2(3)4;/h2*1H2;2*1H3,(H,3,4);/q;;;;+2/p-2. The van der Waals surface area contributed by atoms with Gasteiger partial charge in [0.15, 0.2) is 0 Å². The molecule has 4 nitrogen and oxygen atoms in total. The third kappa shape index (κ3) is 5.19. The molecule has 180 valence electrons. The Kier molecular flexibility index (Phi) is 7.91. The SMILES string of the molecule is CC(=O)[O][Sn]([CH2]c1c(F)c(F)c(F)c(F)c1F)([CH2]c1c(F)c(F)c(F)c(F)c1F)[O]C(C)=O. The molecule has 0 bridgehead atoms. The van der Waals surface area contributed by atoms with E-state index in [-0.39, 0.29) is 0 Å². The van der Waals surface area contributed by atoms with E-state index in [1.165, 1.54) is 0 Å². The second-order valence-electron chi connectivity index (χ2n) is 6.55. The topological polar surface area (TPSA) is 52.6 Å². The van der Waals surface area contributed by atoms with E-state index >= 15 is 0 Å². The molecule has 33 heavy (non-hydrogen) atoms. The van der Waals surface area contributed by atoms with Crippen LogP contribution in [0.5, 0.6) is 0 Å². The van der Waals surface area contributed by atoms with Crippen LogP contribution in [0.15, 0.2) is 0 Å². The molecule has 0 radical (unpaired) electrons. The van der Waals surface area contributed by atoms with Gasteiger partial charge in [-0.1, -0.05) is 0 Å². The van der Waals surface area contributed by atoms with Crippen molar-refractivity contribution in [2.24, 2.45) is 0 Å². The first-order chi connectivity index (χ1) is 15.1. The zero-order valence-electron chi connectivity index (χ0n) is 16.3. The molecular formula is C18H10F10O4Sn. The van der Waals surface area contributed by atoms with E-state index in [2.05, 4.69) is 0 Å². The van der Waals surface area contributed by atoms with Crippen molar-refractivity contribution in [3.8, 4) is 0 Å². The van der Waals surface area contributed by atoms with Crippen LogP contribution in [-0.2, 0) is 24.6 Å². The fourth-order valence-corrected chi connectivity index (χ4v) is 12.0. The number of hydrogen-bond acceptors (Lipinski definition) is 4. The van der Waals surface area contributed by atoms with E-state index in [0.717, 1.165) is 0 Å². The minimum atomic E-state index is -6.21. The Morgan fingerprint density at radius 1 is 0.515 bits per heavy atom. The van der Waals surface area contributed by atoms with E-state index in [1.54, 1.807) is 0 Å². The van der Waals surface area contributed by atoms with Crippen molar-refractivity contribution in [3.63, 3.8) is 0 Å². The molecule has 2 rings (SSSR count). The number of carbonyl (C=O) groups is 2. The number of hydrogen-bond donors (Lipinski definition) is 0. The molecule has 2 aromatic rings. The molecule has 0 aromatic heterocycles. The summed E-state index contributed by atoms with van der Waals surface area (Å²) in [6.45, 7) is 1.26. The van der Waals surface area contributed by atoms with Crippen LogP contribution in [0.3, 0.4) is 0 Å². The summed E-state index contributed by atoms with van der Waals surface area (Å²) in [5.41, 5.74) is -3.35. The molecule has 2 aromatic carbocycles. The minimum absolute atomic E-state index is 0.631. The van der Waals surface area contributed by atoms with Gasteiger partial charge in [-0.2, -0.15) is 0 Å². The van der Waals surface area contributed by atoms with Gasteiger partial charge in [-0.3, -0.25) is 0 Å². The van der Waals surface area contributed by atoms with Crippen LogP contribution in [0.2, 0.25) is 0 Å². The Bertz CT molecular complexity index is 1010. The Morgan fingerprint density at radius 2 is 0.727 bits per heavy atom. The molecule has 0 aliphatic heterocycles. The average Bonchev–Trinajstić information content (AvgIpc) is 2.73. The van der Waals surface area contributed by atoms with Gasteiger partial charge in [0.2, 0.25) is 0 Å². The van der Waals surface area contributed by atoms with Crippen molar-refractivity contribution in [1.82, 2.24) is 0 Å². The second-order valence-corrected chi connectivity index (χ2v) is 14.9. The summed E-state index contributed by atoms with van der Waals surface area (Å²) in [6, 6.07) is 0. The van der Waals surface area contributed by atoms with Gasteiger partial charge in [0.1, 0.15) is 0 Å². The van der Waals surface area contributed by atoms with Gasteiger partial charge in [-0.25, -0.2) is 0 Å². The molecule has 0 spiro atoms. The van der Waals surface area contributed by atoms with Gasteiger partial charge < -0.3 is 0 Å². The van der Waals surface area contributed by atoms with E-state index in [9.17, 15) is 53.5 Å². The van der Waals surface area contributed by atoms with E-state index in [4.69, 9.17) is 6.15 Å². The number of carbonyl (C=O) groups excluding carboxylic acids is 2. The Labute approximate surface area is 183 Å². The normalized spacial score (nSPS) is 11.5. The van der Waals surface area contributed by atoms with E-state index < -0.39 is 109 Å². The summed E-state index contributed by atoms with van der Waals surface area (Å²) in [5.74, 6) is -27.4. The molecule has 0 aliphatic rings. The molecule has 0 aliphatic carbocycles. The van der Waals surface area contributed by atoms with Crippen LogP contribution in [0, 0.1) is 58.2 Å². The number of halogens is 10. The van der Waals surface area contributed by atoms with Gasteiger partial charge in [-0.15, -0.1) is 0 Å². The van der Waals surface area contributed by atoms with Crippen molar-refractivity contribution in [3.05, 3.63) is 69.3 Å². The third-order valence-electron chi connectivity index (χ3n) is 4.15. The van der Waals surface area contributed by atoms with Crippen LogP contribution in [0.1, 0.15) is 25.0 Å². The van der Waals surface area contributed by atoms with Crippen LogP contribution in [0.25, 0.3) is 0 Å². The molecular weight excluding hydrogens is 589 g/mol. The van der Waals surface area contributed by atoms with Gasteiger partial charge >= 0.3 is 183 Å². The Balaban J connectivity index is 2.81. The molecule has 15 heteroatoms. The summed E-state index contributed by atoms with van der Waals surface area (Å²) in [5, 5.41) is 0. The Morgan fingerprint density at radius 3 is 0.939 bits per heavy atom. The zero-order valence-corrected chi connectivity index (χ0v) is 19.2. The van der Waals surface area contributed by atoms with Gasteiger partial charge in [-0.05, 0) is 0 Å². The van der Waals surface area contributed by atoms with Crippen molar-refractivity contribution in [2.45, 2.75) is 22.7 Å². The first-order valence-electron chi connectivity index (χ1n) is 8.53. The van der Waals surface area contributed by atoms with Crippen molar-refractivity contribution >= 4 is 31.1 Å². The van der Waals surface area contributed by atoms with Crippen LogP contribution in [0.4, 0.5) is 43.9 Å². The summed E-state index contributed by atoms with van der Waals surface area (Å²) >= 11 is -6.21. The molecule has 0 saturated carbocycles. The van der Waals surface area contributed by atoms with E-state index in [1.807, 2.05) is 0 Å². The van der Waals surface area contributed by atoms with Crippen LogP contribution in [-0.4, -0.2) is 31.1 Å². The summed E-state index contributed by atoms with van der Waals surface area (Å²) < 4.78 is 144. The molecule has 0 amide bonds. The van der Waals surface area contributed by atoms with Gasteiger partial charge in [0.05, 0.1) is 0 Å². The second kappa shape index (κ2) is 9.77. The van der Waals surface area contributed by atoms with Gasteiger partial charge in [0, 0.05) is 0 Å². The fourth-order valence-electron chi connectivity index (χ4n) is 2.90. The summed E-state index contributed by atoms with van der Waals surface area (Å²) in [7, 11) is 0. The summed E-state index contributed by atoms with van der Waals surface area (Å²) in [6.07, 6.45) is 0. The number of benzene rings is 2.